The summed E-state index contributed by atoms with van der Waals surface area (Å²) in [5.74, 6) is 0. The van der Waals surface area contributed by atoms with Gasteiger partial charge in [0.05, 0.1) is 0 Å². The molecule has 0 fully saturated rings. The summed E-state index contributed by atoms with van der Waals surface area (Å²) in [7, 11) is 3.37. The molecule has 0 unspecified atom stereocenters. The monoisotopic (exact) mass is 147 g/mol. The fraction of sp³-hybridized carbons (Fsp3) is 1.00. The lowest BCUT2D eigenvalue weighted by Crippen LogP contribution is -2.23. The summed E-state index contributed by atoms with van der Waals surface area (Å²) in [6.07, 6.45) is 1.83. The fourth-order valence-electron chi connectivity index (χ4n) is 0.683. The van der Waals surface area contributed by atoms with E-state index >= 15 is 0 Å². The third kappa shape index (κ3) is 6.01. The van der Waals surface area contributed by atoms with Crippen molar-refractivity contribution >= 4 is 0 Å². The van der Waals surface area contributed by atoms with Gasteiger partial charge in [-0.1, -0.05) is 0 Å². The Morgan fingerprint density at radius 1 is 1.10 bits per heavy atom. The summed E-state index contributed by atoms with van der Waals surface area (Å²) in [4.78, 5) is 0. The SMILES string of the molecule is COCCC(N)CCOC. The summed E-state index contributed by atoms with van der Waals surface area (Å²) in [6.45, 7) is 1.48. The molecule has 0 radical (unpaired) electrons. The number of rotatable bonds is 6. The molecule has 62 valence electrons. The van der Waals surface area contributed by atoms with Crippen molar-refractivity contribution in [1.82, 2.24) is 0 Å². The molecule has 0 aromatic carbocycles. The van der Waals surface area contributed by atoms with E-state index in [0.717, 1.165) is 26.1 Å². The molecule has 0 aliphatic heterocycles. The van der Waals surface area contributed by atoms with Gasteiger partial charge in [-0.2, -0.15) is 0 Å². The van der Waals surface area contributed by atoms with Crippen LogP contribution in [0.5, 0.6) is 0 Å². The van der Waals surface area contributed by atoms with Crippen molar-refractivity contribution in [3.63, 3.8) is 0 Å². The highest BCUT2D eigenvalue weighted by atomic mass is 16.5. The van der Waals surface area contributed by atoms with Crippen molar-refractivity contribution in [3.05, 3.63) is 0 Å². The topological polar surface area (TPSA) is 44.5 Å². The molecule has 3 heteroatoms. The molecule has 0 saturated heterocycles. The van der Waals surface area contributed by atoms with Crippen molar-refractivity contribution in [2.24, 2.45) is 5.73 Å². The maximum absolute atomic E-state index is 5.69. The highest BCUT2D eigenvalue weighted by Crippen LogP contribution is 1.94. The lowest BCUT2D eigenvalue weighted by Gasteiger charge is -2.08. The molecule has 10 heavy (non-hydrogen) atoms. The number of nitrogens with two attached hydrogens (primary N) is 1. The first-order valence-electron chi connectivity index (χ1n) is 3.54. The zero-order chi connectivity index (χ0) is 7.82. The maximum Gasteiger partial charge on any atom is 0.0477 e. The minimum atomic E-state index is 0.222. The average molecular weight is 147 g/mol. The zero-order valence-electron chi connectivity index (χ0n) is 6.80. The van der Waals surface area contributed by atoms with Crippen LogP contribution in [-0.4, -0.2) is 33.5 Å². The van der Waals surface area contributed by atoms with E-state index in [1.807, 2.05) is 0 Å². The third-order valence-electron chi connectivity index (χ3n) is 1.39. The van der Waals surface area contributed by atoms with E-state index in [-0.39, 0.29) is 6.04 Å². The second-order valence-corrected chi connectivity index (χ2v) is 2.32. The van der Waals surface area contributed by atoms with Crippen LogP contribution in [0.4, 0.5) is 0 Å². The summed E-state index contributed by atoms with van der Waals surface area (Å²) >= 11 is 0. The van der Waals surface area contributed by atoms with E-state index in [4.69, 9.17) is 15.2 Å². The maximum atomic E-state index is 5.69. The predicted octanol–water partition coefficient (Wildman–Crippen LogP) is 0.387. The van der Waals surface area contributed by atoms with Crippen molar-refractivity contribution < 1.29 is 9.47 Å². The molecule has 0 aromatic heterocycles. The smallest absolute Gasteiger partial charge is 0.0477 e. The van der Waals surface area contributed by atoms with Gasteiger partial charge in [0.2, 0.25) is 0 Å². The van der Waals surface area contributed by atoms with E-state index in [1.54, 1.807) is 14.2 Å². The first kappa shape index (κ1) is 9.88. The summed E-state index contributed by atoms with van der Waals surface area (Å²) in [5.41, 5.74) is 5.69. The van der Waals surface area contributed by atoms with Gasteiger partial charge in [0, 0.05) is 33.5 Å². The molecule has 0 atom stereocenters. The van der Waals surface area contributed by atoms with Gasteiger partial charge in [-0.3, -0.25) is 0 Å². The molecule has 0 bridgehead atoms. The Balaban J connectivity index is 3.00. The quantitative estimate of drug-likeness (QED) is 0.591. The molecule has 0 saturated carbocycles. The Morgan fingerprint density at radius 2 is 1.50 bits per heavy atom. The standard InChI is InChI=1S/C7H17NO2/c1-9-5-3-7(8)4-6-10-2/h7H,3-6,8H2,1-2H3. The van der Waals surface area contributed by atoms with E-state index in [1.165, 1.54) is 0 Å². The van der Waals surface area contributed by atoms with Gasteiger partial charge < -0.3 is 15.2 Å². The fourth-order valence-corrected chi connectivity index (χ4v) is 0.683. The van der Waals surface area contributed by atoms with E-state index in [9.17, 15) is 0 Å². The summed E-state index contributed by atoms with van der Waals surface area (Å²) in [6, 6.07) is 0.222. The Kier molecular flexibility index (Phi) is 6.91. The van der Waals surface area contributed by atoms with Crippen LogP contribution < -0.4 is 5.73 Å². The second kappa shape index (κ2) is 6.99. The molecule has 0 aliphatic rings. The third-order valence-corrected chi connectivity index (χ3v) is 1.39. The number of hydrogen-bond donors (Lipinski definition) is 1. The molecular formula is C7H17NO2. The second-order valence-electron chi connectivity index (χ2n) is 2.32. The van der Waals surface area contributed by atoms with Gasteiger partial charge in [-0.25, -0.2) is 0 Å². The first-order valence-corrected chi connectivity index (χ1v) is 3.54. The minimum absolute atomic E-state index is 0.222. The molecule has 0 heterocycles. The number of ether oxygens (including phenoxy) is 2. The molecular weight excluding hydrogens is 130 g/mol. The normalized spacial score (nSPS) is 10.8. The Bertz CT molecular complexity index is 60.6. The Morgan fingerprint density at radius 3 is 1.80 bits per heavy atom. The molecule has 0 aliphatic carbocycles. The van der Waals surface area contributed by atoms with Crippen LogP contribution in [0.15, 0.2) is 0 Å². The highest BCUT2D eigenvalue weighted by Gasteiger charge is 1.99. The van der Waals surface area contributed by atoms with Gasteiger partial charge in [0.25, 0.3) is 0 Å². The zero-order valence-corrected chi connectivity index (χ0v) is 6.80. The van der Waals surface area contributed by atoms with Gasteiger partial charge in [-0.05, 0) is 12.8 Å². The van der Waals surface area contributed by atoms with Crippen molar-refractivity contribution in [1.29, 1.82) is 0 Å². The lowest BCUT2D eigenvalue weighted by atomic mass is 10.2. The summed E-state index contributed by atoms with van der Waals surface area (Å²) < 4.78 is 9.74. The Hall–Kier alpha value is -0.120. The van der Waals surface area contributed by atoms with Crippen LogP contribution in [0, 0.1) is 0 Å². The minimum Gasteiger partial charge on any atom is -0.385 e. The predicted molar refractivity (Wildman–Crippen MR) is 41.0 cm³/mol. The molecule has 2 N–H and O–H groups in total. The van der Waals surface area contributed by atoms with Crippen LogP contribution in [0.1, 0.15) is 12.8 Å². The number of hydrogen-bond acceptors (Lipinski definition) is 3. The largest absolute Gasteiger partial charge is 0.385 e. The van der Waals surface area contributed by atoms with E-state index in [0.29, 0.717) is 0 Å². The Labute approximate surface area is 62.5 Å². The van der Waals surface area contributed by atoms with Crippen molar-refractivity contribution in [3.8, 4) is 0 Å². The van der Waals surface area contributed by atoms with Crippen molar-refractivity contribution in [2.45, 2.75) is 18.9 Å². The molecule has 0 spiro atoms. The molecule has 3 nitrogen and oxygen atoms in total. The van der Waals surface area contributed by atoms with Crippen LogP contribution in [0.25, 0.3) is 0 Å². The molecule has 0 rings (SSSR count). The van der Waals surface area contributed by atoms with Gasteiger partial charge in [0.15, 0.2) is 0 Å². The molecule has 0 aromatic rings. The van der Waals surface area contributed by atoms with Crippen LogP contribution in [0.3, 0.4) is 0 Å². The van der Waals surface area contributed by atoms with Gasteiger partial charge in [0.1, 0.15) is 0 Å². The van der Waals surface area contributed by atoms with Crippen LogP contribution >= 0.6 is 0 Å². The van der Waals surface area contributed by atoms with Crippen LogP contribution in [-0.2, 0) is 9.47 Å². The lowest BCUT2D eigenvalue weighted by molar-refractivity contribution is 0.164. The summed E-state index contributed by atoms with van der Waals surface area (Å²) in [5, 5.41) is 0. The first-order chi connectivity index (χ1) is 4.81. The average Bonchev–Trinajstić information content (AvgIpc) is 1.97. The number of methoxy groups -OCH3 is 2. The van der Waals surface area contributed by atoms with Gasteiger partial charge in [-0.15, -0.1) is 0 Å². The van der Waals surface area contributed by atoms with Crippen molar-refractivity contribution in [2.75, 3.05) is 27.4 Å². The van der Waals surface area contributed by atoms with Crippen LogP contribution in [0.2, 0.25) is 0 Å². The van der Waals surface area contributed by atoms with Gasteiger partial charge >= 0.3 is 0 Å². The van der Waals surface area contributed by atoms with E-state index in [2.05, 4.69) is 0 Å². The van der Waals surface area contributed by atoms with E-state index < -0.39 is 0 Å². The highest BCUT2D eigenvalue weighted by molar-refractivity contribution is 4.59. The molecule has 0 amide bonds.